The molecular weight excluding hydrogens is 355 g/mol. The summed E-state index contributed by atoms with van der Waals surface area (Å²) in [6, 6.07) is 5.83. The monoisotopic (exact) mass is 365 g/mol. The highest BCUT2D eigenvalue weighted by atomic mass is 32.2. The highest BCUT2D eigenvalue weighted by Crippen LogP contribution is 2.44. The third kappa shape index (κ3) is 2.57. The number of ether oxygens (including phenoxy) is 1. The zero-order valence-electron chi connectivity index (χ0n) is 12.6. The van der Waals surface area contributed by atoms with E-state index in [2.05, 4.69) is 0 Å². The quantitative estimate of drug-likeness (QED) is 0.764. The maximum absolute atomic E-state index is 14.2. The first kappa shape index (κ1) is 16.0. The number of rotatable bonds is 2. The molecule has 2 aliphatic heterocycles. The van der Waals surface area contributed by atoms with Crippen LogP contribution in [0.25, 0.3) is 0 Å². The minimum Gasteiger partial charge on any atom is -0.457 e. The molecule has 4 rings (SSSR count). The zero-order chi connectivity index (χ0) is 17.7. The number of amides is 1. The molecule has 1 fully saturated rings. The van der Waals surface area contributed by atoms with Gasteiger partial charge in [0, 0.05) is 23.4 Å². The van der Waals surface area contributed by atoms with Gasteiger partial charge in [-0.25, -0.2) is 18.0 Å². The topological polar surface area (TPSA) is 46.6 Å². The second-order valence-corrected chi connectivity index (χ2v) is 6.70. The van der Waals surface area contributed by atoms with Crippen LogP contribution in [0.3, 0.4) is 0 Å². The van der Waals surface area contributed by atoms with Crippen molar-refractivity contribution >= 4 is 29.3 Å². The van der Waals surface area contributed by atoms with Gasteiger partial charge in [-0.2, -0.15) is 0 Å². The Kier molecular flexibility index (Phi) is 3.72. The van der Waals surface area contributed by atoms with E-state index < -0.39 is 28.8 Å². The number of hydrogen-bond donors (Lipinski definition) is 0. The average Bonchev–Trinajstić information content (AvgIpc) is 3.10. The number of carbonyl (C=O) groups excluding carboxylic acids is 2. The van der Waals surface area contributed by atoms with Gasteiger partial charge in [0.25, 0.3) is 0 Å². The van der Waals surface area contributed by atoms with Gasteiger partial charge in [-0.15, -0.1) is 11.8 Å². The number of benzene rings is 2. The second kappa shape index (κ2) is 5.80. The highest BCUT2D eigenvalue weighted by molar-refractivity contribution is 8.00. The molecule has 2 heterocycles. The second-order valence-electron chi connectivity index (χ2n) is 5.63. The first-order valence-corrected chi connectivity index (χ1v) is 8.39. The van der Waals surface area contributed by atoms with E-state index in [1.807, 2.05) is 0 Å². The van der Waals surface area contributed by atoms with Crippen molar-refractivity contribution in [2.24, 2.45) is 0 Å². The van der Waals surface area contributed by atoms with Crippen molar-refractivity contribution in [3.8, 4) is 0 Å². The lowest BCUT2D eigenvalue weighted by Crippen LogP contribution is -2.29. The molecule has 1 unspecified atom stereocenters. The van der Waals surface area contributed by atoms with E-state index in [0.29, 0.717) is 28.9 Å². The lowest BCUT2D eigenvalue weighted by molar-refractivity contribution is -0.115. The van der Waals surface area contributed by atoms with Gasteiger partial charge in [-0.05, 0) is 18.2 Å². The Morgan fingerprint density at radius 3 is 2.52 bits per heavy atom. The molecule has 4 nitrogen and oxygen atoms in total. The smallest absolute Gasteiger partial charge is 0.338 e. The van der Waals surface area contributed by atoms with Crippen LogP contribution < -0.4 is 4.90 Å². The van der Waals surface area contributed by atoms with E-state index in [-0.39, 0.29) is 23.8 Å². The molecule has 0 saturated carbocycles. The van der Waals surface area contributed by atoms with Gasteiger partial charge in [0.05, 0.1) is 16.9 Å². The summed E-state index contributed by atoms with van der Waals surface area (Å²) in [5.74, 6) is -3.86. The minimum atomic E-state index is -1.05. The first-order valence-electron chi connectivity index (χ1n) is 7.34. The summed E-state index contributed by atoms with van der Waals surface area (Å²) in [6.45, 7) is 0.0844. The molecule has 0 N–H and O–H groups in total. The Bertz CT molecular complexity index is 895. The van der Waals surface area contributed by atoms with Gasteiger partial charge in [0.1, 0.15) is 29.4 Å². The number of fused-ring (bicyclic) bond motifs is 1. The molecule has 2 aliphatic rings. The van der Waals surface area contributed by atoms with Gasteiger partial charge in [-0.3, -0.25) is 9.69 Å². The molecule has 0 bridgehead atoms. The Hall–Kier alpha value is -2.48. The molecule has 128 valence electrons. The zero-order valence-corrected chi connectivity index (χ0v) is 13.4. The Labute approximate surface area is 144 Å². The van der Waals surface area contributed by atoms with Crippen LogP contribution in [0.5, 0.6) is 0 Å². The molecule has 1 amide bonds. The van der Waals surface area contributed by atoms with Crippen molar-refractivity contribution < 1.29 is 27.5 Å². The standard InChI is InChI=1S/C17H10F3NO3S/c18-9-4-12(19)15(13(20)5-9)16-21(14(22)7-25-16)10-1-2-11-8(3-10)6-24-17(11)23/h1-5,16H,6-7H2. The van der Waals surface area contributed by atoms with Crippen molar-refractivity contribution in [2.45, 2.75) is 12.0 Å². The Balaban J connectivity index is 1.78. The molecule has 1 saturated heterocycles. The highest BCUT2D eigenvalue weighted by Gasteiger charge is 2.38. The van der Waals surface area contributed by atoms with E-state index >= 15 is 0 Å². The fourth-order valence-electron chi connectivity index (χ4n) is 2.98. The van der Waals surface area contributed by atoms with E-state index in [0.717, 1.165) is 11.8 Å². The van der Waals surface area contributed by atoms with Gasteiger partial charge in [0.15, 0.2) is 0 Å². The lowest BCUT2D eigenvalue weighted by atomic mass is 10.1. The maximum atomic E-state index is 14.2. The fraction of sp³-hybridized carbons (Fsp3) is 0.176. The van der Waals surface area contributed by atoms with Crippen molar-refractivity contribution in [3.63, 3.8) is 0 Å². The summed E-state index contributed by atoms with van der Waals surface area (Å²) in [6.07, 6.45) is 0. The van der Waals surface area contributed by atoms with E-state index in [9.17, 15) is 22.8 Å². The van der Waals surface area contributed by atoms with Gasteiger partial charge >= 0.3 is 5.97 Å². The lowest BCUT2D eigenvalue weighted by Gasteiger charge is -2.25. The molecule has 2 aromatic rings. The fourth-order valence-corrected chi connectivity index (χ4v) is 4.20. The van der Waals surface area contributed by atoms with Crippen molar-refractivity contribution in [1.82, 2.24) is 0 Å². The minimum absolute atomic E-state index is 0.0352. The predicted molar refractivity (Wildman–Crippen MR) is 84.6 cm³/mol. The molecule has 0 radical (unpaired) electrons. The number of anilines is 1. The molecule has 0 spiro atoms. The van der Waals surface area contributed by atoms with Crippen molar-refractivity contribution in [3.05, 3.63) is 64.5 Å². The molecular formula is C17H10F3NO3S. The number of thioether (sulfide) groups is 1. The summed E-state index contributed by atoms with van der Waals surface area (Å²) in [4.78, 5) is 25.1. The SMILES string of the molecule is O=C1OCc2cc(N3C(=O)CSC3c3c(F)cc(F)cc3F)ccc21. The maximum Gasteiger partial charge on any atom is 0.338 e. The third-order valence-electron chi connectivity index (χ3n) is 4.10. The first-order chi connectivity index (χ1) is 12.0. The molecule has 1 atom stereocenters. The molecule has 8 heteroatoms. The predicted octanol–water partition coefficient (Wildman–Crippen LogP) is 3.55. The summed E-state index contributed by atoms with van der Waals surface area (Å²) in [5.41, 5.74) is 1.04. The van der Waals surface area contributed by atoms with Crippen molar-refractivity contribution in [1.29, 1.82) is 0 Å². The van der Waals surface area contributed by atoms with Crippen LogP contribution in [0.1, 0.15) is 26.9 Å². The Morgan fingerprint density at radius 1 is 1.08 bits per heavy atom. The number of nitrogens with zero attached hydrogens (tertiary/aromatic N) is 1. The summed E-state index contributed by atoms with van der Waals surface area (Å²) < 4.78 is 46.4. The number of halogens is 3. The van der Waals surface area contributed by atoms with Gasteiger partial charge in [0.2, 0.25) is 5.91 Å². The number of hydrogen-bond acceptors (Lipinski definition) is 4. The molecule has 25 heavy (non-hydrogen) atoms. The van der Waals surface area contributed by atoms with Crippen LogP contribution in [0.15, 0.2) is 30.3 Å². The summed E-state index contributed by atoms with van der Waals surface area (Å²) in [5, 5.41) is -0.954. The third-order valence-corrected chi connectivity index (χ3v) is 5.28. The summed E-state index contributed by atoms with van der Waals surface area (Å²) in [7, 11) is 0. The van der Waals surface area contributed by atoms with Crippen molar-refractivity contribution in [2.75, 3.05) is 10.7 Å². The van der Waals surface area contributed by atoms with E-state index in [1.54, 1.807) is 6.07 Å². The molecule has 0 aliphatic carbocycles. The van der Waals surface area contributed by atoms with Crippen LogP contribution in [0.2, 0.25) is 0 Å². The van der Waals surface area contributed by atoms with E-state index in [4.69, 9.17) is 4.74 Å². The summed E-state index contributed by atoms with van der Waals surface area (Å²) >= 11 is 1.05. The number of cyclic esters (lactones) is 1. The van der Waals surface area contributed by atoms with Crippen LogP contribution in [-0.4, -0.2) is 17.6 Å². The largest absolute Gasteiger partial charge is 0.457 e. The Morgan fingerprint density at radius 2 is 1.80 bits per heavy atom. The van der Waals surface area contributed by atoms with Gasteiger partial charge < -0.3 is 4.74 Å². The normalized spacial score (nSPS) is 19.3. The van der Waals surface area contributed by atoms with Crippen LogP contribution in [-0.2, 0) is 16.1 Å². The number of carbonyl (C=O) groups is 2. The van der Waals surface area contributed by atoms with Crippen LogP contribution in [0, 0.1) is 17.5 Å². The average molecular weight is 365 g/mol. The van der Waals surface area contributed by atoms with Gasteiger partial charge in [-0.1, -0.05) is 0 Å². The molecule has 2 aromatic carbocycles. The number of esters is 1. The van der Waals surface area contributed by atoms with Crippen LogP contribution >= 0.6 is 11.8 Å². The van der Waals surface area contributed by atoms with Crippen LogP contribution in [0.4, 0.5) is 18.9 Å². The van der Waals surface area contributed by atoms with E-state index in [1.165, 1.54) is 17.0 Å². The molecule has 0 aromatic heterocycles.